The van der Waals surface area contributed by atoms with Crippen LogP contribution >= 0.6 is 0 Å². The molecule has 2 rings (SSSR count). The molecule has 0 aliphatic carbocycles. The number of nitrogens with zero attached hydrogens (tertiary/aromatic N) is 3. The summed E-state index contributed by atoms with van der Waals surface area (Å²) in [4.78, 5) is 16.7. The van der Waals surface area contributed by atoms with Crippen LogP contribution in [0.25, 0.3) is 0 Å². The maximum Gasteiger partial charge on any atom is 0.242 e. The van der Waals surface area contributed by atoms with Crippen LogP contribution in [-0.4, -0.2) is 73.3 Å². The highest BCUT2D eigenvalue weighted by atomic mass is 16.5. The Morgan fingerprint density at radius 3 is 2.76 bits per heavy atom. The second-order valence-electron chi connectivity index (χ2n) is 5.36. The van der Waals surface area contributed by atoms with Crippen molar-refractivity contribution in [2.45, 2.75) is 19.9 Å². The fraction of sp³-hybridized carbons (Fsp3) is 0.714. The van der Waals surface area contributed by atoms with Gasteiger partial charge in [-0.05, 0) is 13.8 Å². The lowest BCUT2D eigenvalue weighted by Gasteiger charge is -2.37. The van der Waals surface area contributed by atoms with Gasteiger partial charge in [-0.2, -0.15) is 0 Å². The molecule has 1 fully saturated rings. The first-order chi connectivity index (χ1) is 10.1. The third-order valence-corrected chi connectivity index (χ3v) is 3.82. The monoisotopic (exact) mass is 296 g/mol. The molecule has 7 heteroatoms. The molecule has 1 aromatic rings. The van der Waals surface area contributed by atoms with E-state index in [0.717, 1.165) is 39.3 Å². The van der Waals surface area contributed by atoms with E-state index in [9.17, 15) is 4.79 Å². The maximum atomic E-state index is 12.2. The number of amides is 1. The van der Waals surface area contributed by atoms with Crippen molar-refractivity contribution in [3.8, 4) is 0 Å². The van der Waals surface area contributed by atoms with E-state index in [1.165, 1.54) is 0 Å². The minimum atomic E-state index is -0.174. The van der Waals surface area contributed by atoms with Gasteiger partial charge >= 0.3 is 0 Å². The molecular weight excluding hydrogens is 272 g/mol. The van der Waals surface area contributed by atoms with Gasteiger partial charge < -0.3 is 14.6 Å². The van der Waals surface area contributed by atoms with Gasteiger partial charge in [-0.25, -0.2) is 0 Å². The Balaban J connectivity index is 1.78. The second-order valence-corrected chi connectivity index (χ2v) is 5.36. The highest BCUT2D eigenvalue weighted by Gasteiger charge is 2.25. The normalized spacial score (nSPS) is 18.6. The van der Waals surface area contributed by atoms with E-state index >= 15 is 0 Å². The van der Waals surface area contributed by atoms with Crippen LogP contribution in [0.15, 0.2) is 10.6 Å². The predicted octanol–water partition coefficient (Wildman–Crippen LogP) is 0.574. The van der Waals surface area contributed by atoms with Gasteiger partial charge in [0.1, 0.15) is 5.76 Å². The zero-order valence-electron chi connectivity index (χ0n) is 13.0. The summed E-state index contributed by atoms with van der Waals surface area (Å²) in [6.45, 7) is 9.11. The van der Waals surface area contributed by atoms with Gasteiger partial charge in [-0.15, -0.1) is 0 Å². The van der Waals surface area contributed by atoms with E-state index in [-0.39, 0.29) is 11.9 Å². The van der Waals surface area contributed by atoms with Gasteiger partial charge in [0.2, 0.25) is 5.91 Å². The molecule has 21 heavy (non-hydrogen) atoms. The van der Waals surface area contributed by atoms with Crippen molar-refractivity contribution in [1.82, 2.24) is 15.0 Å². The highest BCUT2D eigenvalue weighted by molar-refractivity contribution is 5.93. The Morgan fingerprint density at radius 2 is 2.19 bits per heavy atom. The number of hydrogen-bond donors (Lipinski definition) is 1. The Kier molecular flexibility index (Phi) is 5.72. The molecule has 118 valence electrons. The zero-order chi connectivity index (χ0) is 15.2. The minimum absolute atomic E-state index is 0.0476. The van der Waals surface area contributed by atoms with Crippen LogP contribution in [0.4, 0.5) is 5.82 Å². The van der Waals surface area contributed by atoms with E-state index in [1.807, 2.05) is 6.92 Å². The highest BCUT2D eigenvalue weighted by Crippen LogP contribution is 2.11. The van der Waals surface area contributed by atoms with Gasteiger partial charge in [0.05, 0.1) is 12.6 Å². The van der Waals surface area contributed by atoms with Crippen LogP contribution < -0.4 is 5.32 Å². The number of hydrogen-bond acceptors (Lipinski definition) is 6. The molecule has 1 amide bonds. The summed E-state index contributed by atoms with van der Waals surface area (Å²) >= 11 is 0. The third-order valence-electron chi connectivity index (χ3n) is 3.82. The Morgan fingerprint density at radius 1 is 1.48 bits per heavy atom. The number of anilines is 1. The average Bonchev–Trinajstić information content (AvgIpc) is 2.90. The number of carbonyl (C=O) groups is 1. The number of ether oxygens (including phenoxy) is 1. The van der Waals surface area contributed by atoms with Gasteiger partial charge in [0, 0.05) is 45.9 Å². The van der Waals surface area contributed by atoms with E-state index < -0.39 is 0 Å². The molecule has 1 aliphatic rings. The van der Waals surface area contributed by atoms with Gasteiger partial charge in [0.25, 0.3) is 0 Å². The molecule has 0 spiro atoms. The Labute approximate surface area is 125 Å². The van der Waals surface area contributed by atoms with Crippen molar-refractivity contribution in [1.29, 1.82) is 0 Å². The molecule has 0 saturated carbocycles. The average molecular weight is 296 g/mol. The number of aryl methyl sites for hydroxylation is 1. The van der Waals surface area contributed by atoms with Crippen molar-refractivity contribution >= 4 is 11.7 Å². The largest absolute Gasteiger partial charge is 0.383 e. The first kappa shape index (κ1) is 15.9. The molecule has 7 nitrogen and oxygen atoms in total. The third kappa shape index (κ3) is 4.52. The number of piperazine rings is 1. The molecule has 1 saturated heterocycles. The van der Waals surface area contributed by atoms with Crippen LogP contribution in [-0.2, 0) is 9.53 Å². The fourth-order valence-electron chi connectivity index (χ4n) is 2.42. The van der Waals surface area contributed by atoms with Crippen molar-refractivity contribution in [3.05, 3.63) is 11.8 Å². The van der Waals surface area contributed by atoms with E-state index in [2.05, 4.69) is 20.3 Å². The Bertz CT molecular complexity index is 455. The van der Waals surface area contributed by atoms with E-state index in [0.29, 0.717) is 11.6 Å². The predicted molar refractivity (Wildman–Crippen MR) is 79.2 cm³/mol. The zero-order valence-corrected chi connectivity index (χ0v) is 13.0. The van der Waals surface area contributed by atoms with Crippen molar-refractivity contribution in [3.63, 3.8) is 0 Å². The summed E-state index contributed by atoms with van der Waals surface area (Å²) in [5.41, 5.74) is 0. The first-order valence-electron chi connectivity index (χ1n) is 7.29. The van der Waals surface area contributed by atoms with Crippen molar-refractivity contribution in [2.75, 3.05) is 51.8 Å². The van der Waals surface area contributed by atoms with Crippen molar-refractivity contribution < 1.29 is 14.1 Å². The maximum absolute atomic E-state index is 12.2. The van der Waals surface area contributed by atoms with Crippen LogP contribution in [0, 0.1) is 6.92 Å². The number of methoxy groups -OCH3 is 1. The molecule has 0 bridgehead atoms. The summed E-state index contributed by atoms with van der Waals surface area (Å²) in [7, 11) is 1.72. The molecule has 1 aliphatic heterocycles. The van der Waals surface area contributed by atoms with E-state index in [1.54, 1.807) is 20.1 Å². The molecule has 1 N–H and O–H groups in total. The number of aromatic nitrogens is 1. The second kappa shape index (κ2) is 7.53. The fourth-order valence-corrected chi connectivity index (χ4v) is 2.42. The molecule has 0 aromatic carbocycles. The van der Waals surface area contributed by atoms with Crippen LogP contribution in [0.2, 0.25) is 0 Å². The summed E-state index contributed by atoms with van der Waals surface area (Å²) in [5.74, 6) is 1.11. The summed E-state index contributed by atoms with van der Waals surface area (Å²) in [5, 5.41) is 6.57. The number of carbonyl (C=O) groups excluding carboxylic acids is 1. The van der Waals surface area contributed by atoms with E-state index in [4.69, 9.17) is 9.26 Å². The molecule has 2 heterocycles. The lowest BCUT2D eigenvalue weighted by Crippen LogP contribution is -2.53. The molecule has 1 atom stereocenters. The van der Waals surface area contributed by atoms with Gasteiger partial charge in [-0.1, -0.05) is 5.16 Å². The van der Waals surface area contributed by atoms with Crippen LogP contribution in [0.5, 0.6) is 0 Å². The molecule has 1 aromatic heterocycles. The lowest BCUT2D eigenvalue weighted by atomic mass is 10.2. The summed E-state index contributed by atoms with van der Waals surface area (Å²) in [6, 6.07) is 1.54. The smallest absolute Gasteiger partial charge is 0.242 e. The van der Waals surface area contributed by atoms with Gasteiger partial charge in [-0.3, -0.25) is 14.6 Å². The lowest BCUT2D eigenvalue weighted by molar-refractivity contribution is -0.121. The van der Waals surface area contributed by atoms with Crippen LogP contribution in [0.1, 0.15) is 12.7 Å². The number of nitrogens with one attached hydrogen (secondary N) is 1. The topological polar surface area (TPSA) is 70.8 Å². The summed E-state index contributed by atoms with van der Waals surface area (Å²) in [6.07, 6.45) is 0. The van der Waals surface area contributed by atoms with Crippen LogP contribution in [0.3, 0.4) is 0 Å². The first-order valence-corrected chi connectivity index (χ1v) is 7.29. The summed E-state index contributed by atoms with van der Waals surface area (Å²) < 4.78 is 10.0. The molecular formula is C14H24N4O3. The quantitative estimate of drug-likeness (QED) is 0.828. The van der Waals surface area contributed by atoms with Gasteiger partial charge in [0.15, 0.2) is 5.82 Å². The number of rotatable bonds is 6. The molecule has 0 unspecified atom stereocenters. The minimum Gasteiger partial charge on any atom is -0.383 e. The SMILES string of the molecule is COCCN1CCN([C@H](C)C(=O)Nc2cc(C)on2)CC1. The van der Waals surface area contributed by atoms with Crippen molar-refractivity contribution in [2.24, 2.45) is 0 Å². The Hall–Kier alpha value is -1.44. The molecule has 0 radical (unpaired) electrons. The standard InChI is InChI=1S/C14H24N4O3/c1-11-10-13(16-21-11)15-14(19)12(2)18-6-4-17(5-7-18)8-9-20-3/h10,12H,4-9H2,1-3H3,(H,15,16,19)/t12-/m1/s1.